The molecule has 22 heavy (non-hydrogen) atoms. The molecule has 0 aliphatic carbocycles. The monoisotopic (exact) mass is 307 g/mol. The van der Waals surface area contributed by atoms with Gasteiger partial charge in [-0.05, 0) is 18.9 Å². The van der Waals surface area contributed by atoms with Gasteiger partial charge in [0, 0.05) is 45.3 Å². The smallest absolute Gasteiger partial charge is 0.246 e. The Morgan fingerprint density at radius 3 is 2.59 bits per heavy atom. The molecule has 3 aliphatic heterocycles. The summed E-state index contributed by atoms with van der Waals surface area (Å²) in [6.07, 6.45) is 3.49. The standard InChI is InChI=1S/C16H25N3O3/c1-2-15(20)18-10-13(11-18)16(21)19-5-3-4-14(19)12-17-6-8-22-9-7-17/h2,13-14H,1,3-12H2/t14-/m0/s1. The van der Waals surface area contributed by atoms with Crippen molar-refractivity contribution in [2.45, 2.75) is 18.9 Å². The van der Waals surface area contributed by atoms with Crippen LogP contribution in [-0.2, 0) is 14.3 Å². The summed E-state index contributed by atoms with van der Waals surface area (Å²) in [4.78, 5) is 30.3. The second-order valence-electron chi connectivity index (χ2n) is 6.38. The minimum atomic E-state index is -0.0738. The average Bonchev–Trinajstić information content (AvgIpc) is 2.94. The van der Waals surface area contributed by atoms with Crippen molar-refractivity contribution in [3.8, 4) is 0 Å². The first-order valence-electron chi connectivity index (χ1n) is 8.21. The fraction of sp³-hybridized carbons (Fsp3) is 0.750. The number of nitrogens with zero attached hydrogens (tertiary/aromatic N) is 3. The SMILES string of the molecule is C=CC(=O)N1CC(C(=O)N2CCC[C@H]2CN2CCOCC2)C1. The molecule has 3 rings (SSSR count). The van der Waals surface area contributed by atoms with Gasteiger partial charge in [-0.3, -0.25) is 14.5 Å². The quantitative estimate of drug-likeness (QED) is 0.684. The number of carbonyl (C=O) groups excluding carboxylic acids is 2. The Hall–Kier alpha value is -1.40. The molecule has 3 fully saturated rings. The molecule has 1 atom stereocenters. The molecule has 3 saturated heterocycles. The van der Waals surface area contributed by atoms with Crippen molar-refractivity contribution >= 4 is 11.8 Å². The van der Waals surface area contributed by atoms with Crippen LogP contribution in [0.2, 0.25) is 0 Å². The van der Waals surface area contributed by atoms with E-state index in [4.69, 9.17) is 4.74 Å². The zero-order valence-corrected chi connectivity index (χ0v) is 13.1. The molecule has 0 aromatic heterocycles. The van der Waals surface area contributed by atoms with Crippen molar-refractivity contribution < 1.29 is 14.3 Å². The molecule has 6 nitrogen and oxygen atoms in total. The minimum Gasteiger partial charge on any atom is -0.379 e. The van der Waals surface area contributed by atoms with Gasteiger partial charge in [-0.2, -0.15) is 0 Å². The zero-order valence-electron chi connectivity index (χ0n) is 13.1. The Labute approximate surface area is 131 Å². The van der Waals surface area contributed by atoms with Gasteiger partial charge in [-0.1, -0.05) is 6.58 Å². The molecule has 0 unspecified atom stereocenters. The van der Waals surface area contributed by atoms with Crippen molar-refractivity contribution in [1.82, 2.24) is 14.7 Å². The normalized spacial score (nSPS) is 26.8. The number of rotatable bonds is 4. The van der Waals surface area contributed by atoms with Crippen LogP contribution in [0.5, 0.6) is 0 Å². The maximum absolute atomic E-state index is 12.7. The molecule has 122 valence electrons. The number of likely N-dealkylation sites (tertiary alicyclic amines) is 2. The van der Waals surface area contributed by atoms with Gasteiger partial charge in [0.1, 0.15) is 0 Å². The third-order valence-corrected chi connectivity index (χ3v) is 4.95. The lowest BCUT2D eigenvalue weighted by atomic mass is 9.97. The molecule has 0 bridgehead atoms. The fourth-order valence-corrected chi connectivity index (χ4v) is 3.58. The first-order valence-corrected chi connectivity index (χ1v) is 8.21. The summed E-state index contributed by atoms with van der Waals surface area (Å²) in [6, 6.07) is 0.328. The van der Waals surface area contributed by atoms with E-state index < -0.39 is 0 Å². The lowest BCUT2D eigenvalue weighted by Crippen LogP contribution is -2.57. The van der Waals surface area contributed by atoms with E-state index in [0.29, 0.717) is 19.1 Å². The molecule has 3 heterocycles. The Bertz CT molecular complexity index is 442. The zero-order chi connectivity index (χ0) is 15.5. The van der Waals surface area contributed by atoms with Gasteiger partial charge in [0.05, 0.1) is 19.1 Å². The van der Waals surface area contributed by atoms with E-state index in [-0.39, 0.29) is 17.7 Å². The van der Waals surface area contributed by atoms with Gasteiger partial charge < -0.3 is 14.5 Å². The van der Waals surface area contributed by atoms with Crippen LogP contribution in [0.4, 0.5) is 0 Å². The van der Waals surface area contributed by atoms with Crippen molar-refractivity contribution in [3.05, 3.63) is 12.7 Å². The highest BCUT2D eigenvalue weighted by molar-refractivity contribution is 5.90. The number of hydrogen-bond acceptors (Lipinski definition) is 4. The van der Waals surface area contributed by atoms with Gasteiger partial charge >= 0.3 is 0 Å². The average molecular weight is 307 g/mol. The van der Waals surface area contributed by atoms with Crippen LogP contribution in [0.25, 0.3) is 0 Å². The van der Waals surface area contributed by atoms with Crippen LogP contribution in [0.1, 0.15) is 12.8 Å². The molecular formula is C16H25N3O3. The van der Waals surface area contributed by atoms with Gasteiger partial charge in [0.15, 0.2) is 0 Å². The van der Waals surface area contributed by atoms with Crippen molar-refractivity contribution in [2.75, 3.05) is 52.5 Å². The molecule has 6 heteroatoms. The molecule has 3 aliphatic rings. The van der Waals surface area contributed by atoms with E-state index in [1.165, 1.54) is 6.08 Å². The van der Waals surface area contributed by atoms with E-state index >= 15 is 0 Å². The predicted octanol–water partition coefficient (Wildman–Crippen LogP) is -0.0460. The van der Waals surface area contributed by atoms with Crippen LogP contribution in [0.15, 0.2) is 12.7 Å². The fourth-order valence-electron chi connectivity index (χ4n) is 3.58. The Morgan fingerprint density at radius 1 is 1.18 bits per heavy atom. The summed E-state index contributed by atoms with van der Waals surface area (Å²) in [6.45, 7) is 9.91. The highest BCUT2D eigenvalue weighted by Crippen LogP contribution is 2.25. The van der Waals surface area contributed by atoms with Gasteiger partial charge in [0.25, 0.3) is 0 Å². The molecule has 0 N–H and O–H groups in total. The van der Waals surface area contributed by atoms with Gasteiger partial charge in [0.2, 0.25) is 11.8 Å². The number of hydrogen-bond donors (Lipinski definition) is 0. The lowest BCUT2D eigenvalue weighted by Gasteiger charge is -2.41. The molecule has 0 radical (unpaired) electrons. The largest absolute Gasteiger partial charge is 0.379 e. The van der Waals surface area contributed by atoms with Gasteiger partial charge in [-0.25, -0.2) is 0 Å². The summed E-state index contributed by atoms with van der Waals surface area (Å²) in [5, 5.41) is 0. The molecule has 0 aromatic carbocycles. The Kier molecular flexibility index (Phi) is 4.78. The predicted molar refractivity (Wildman–Crippen MR) is 82.3 cm³/mol. The maximum Gasteiger partial charge on any atom is 0.246 e. The summed E-state index contributed by atoms with van der Waals surface area (Å²) in [7, 11) is 0. The summed E-state index contributed by atoms with van der Waals surface area (Å²) in [5.74, 6) is 0.133. The van der Waals surface area contributed by atoms with Crippen LogP contribution in [0, 0.1) is 5.92 Å². The van der Waals surface area contributed by atoms with E-state index in [9.17, 15) is 9.59 Å². The third kappa shape index (κ3) is 3.17. The molecule has 0 spiro atoms. The number of ether oxygens (including phenoxy) is 1. The molecular weight excluding hydrogens is 282 g/mol. The minimum absolute atomic E-state index is 0.0193. The van der Waals surface area contributed by atoms with Crippen molar-refractivity contribution in [2.24, 2.45) is 5.92 Å². The van der Waals surface area contributed by atoms with Crippen LogP contribution >= 0.6 is 0 Å². The first kappa shape index (κ1) is 15.5. The topological polar surface area (TPSA) is 53.1 Å². The molecule has 0 aromatic rings. The van der Waals surface area contributed by atoms with E-state index in [0.717, 1.165) is 52.2 Å². The van der Waals surface area contributed by atoms with Crippen LogP contribution < -0.4 is 0 Å². The highest BCUT2D eigenvalue weighted by atomic mass is 16.5. The number of carbonyl (C=O) groups is 2. The molecule has 2 amide bonds. The van der Waals surface area contributed by atoms with E-state index in [1.54, 1.807) is 4.90 Å². The summed E-state index contributed by atoms with van der Waals surface area (Å²) in [5.41, 5.74) is 0. The second-order valence-corrected chi connectivity index (χ2v) is 6.38. The van der Waals surface area contributed by atoms with E-state index in [2.05, 4.69) is 16.4 Å². The number of morpholine rings is 1. The lowest BCUT2D eigenvalue weighted by molar-refractivity contribution is -0.147. The van der Waals surface area contributed by atoms with Crippen LogP contribution in [-0.4, -0.2) is 85.0 Å². The van der Waals surface area contributed by atoms with Gasteiger partial charge in [-0.15, -0.1) is 0 Å². The Morgan fingerprint density at radius 2 is 1.91 bits per heavy atom. The second kappa shape index (κ2) is 6.79. The summed E-state index contributed by atoms with van der Waals surface area (Å²) >= 11 is 0. The van der Waals surface area contributed by atoms with E-state index in [1.807, 2.05) is 0 Å². The molecule has 0 saturated carbocycles. The highest BCUT2D eigenvalue weighted by Gasteiger charge is 2.40. The first-order chi connectivity index (χ1) is 10.7. The van der Waals surface area contributed by atoms with Crippen molar-refractivity contribution in [3.63, 3.8) is 0 Å². The summed E-state index contributed by atoms with van der Waals surface area (Å²) < 4.78 is 5.38. The third-order valence-electron chi connectivity index (χ3n) is 4.95. The van der Waals surface area contributed by atoms with Crippen LogP contribution in [0.3, 0.4) is 0 Å². The van der Waals surface area contributed by atoms with Crippen molar-refractivity contribution in [1.29, 1.82) is 0 Å². The Balaban J connectivity index is 1.51. The number of amides is 2. The maximum atomic E-state index is 12.7.